The third-order valence-electron chi connectivity index (χ3n) is 2.76. The highest BCUT2D eigenvalue weighted by Crippen LogP contribution is 2.18. The Kier molecular flexibility index (Phi) is 4.79. The molecule has 0 spiro atoms. The van der Waals surface area contributed by atoms with Crippen molar-refractivity contribution in [3.8, 4) is 0 Å². The van der Waals surface area contributed by atoms with Gasteiger partial charge < -0.3 is 11.1 Å². The van der Waals surface area contributed by atoms with Gasteiger partial charge in [-0.2, -0.15) is 0 Å². The molecule has 84 valence electrons. The van der Waals surface area contributed by atoms with Crippen molar-refractivity contribution >= 4 is 0 Å². The molecule has 0 heterocycles. The summed E-state index contributed by atoms with van der Waals surface area (Å²) in [5, 5.41) is 3.15. The Labute approximate surface area is 92.9 Å². The highest BCUT2D eigenvalue weighted by Gasteiger charge is 2.03. The lowest BCUT2D eigenvalue weighted by atomic mass is 9.96. The first-order valence-corrected chi connectivity index (χ1v) is 5.65. The van der Waals surface area contributed by atoms with Gasteiger partial charge >= 0.3 is 0 Å². The lowest BCUT2D eigenvalue weighted by Gasteiger charge is -2.11. The fourth-order valence-electron chi connectivity index (χ4n) is 1.64. The predicted molar refractivity (Wildman–Crippen MR) is 66.0 cm³/mol. The highest BCUT2D eigenvalue weighted by atomic mass is 14.9. The van der Waals surface area contributed by atoms with Crippen LogP contribution in [0.2, 0.25) is 0 Å². The van der Waals surface area contributed by atoms with Gasteiger partial charge in [0.2, 0.25) is 0 Å². The van der Waals surface area contributed by atoms with Crippen molar-refractivity contribution in [2.75, 3.05) is 13.2 Å². The standard InChI is InChI=1S/C13H22N2/c1-10(2)12-5-4-11(3)13(8-12)6-7-15-9-14/h4-5,8,10,15H,6-7,9,14H2,1-3H3. The Bertz CT molecular complexity index is 305. The second kappa shape index (κ2) is 5.89. The topological polar surface area (TPSA) is 38.0 Å². The quantitative estimate of drug-likeness (QED) is 0.572. The Balaban J connectivity index is 2.72. The molecule has 0 saturated heterocycles. The van der Waals surface area contributed by atoms with Crippen molar-refractivity contribution in [1.29, 1.82) is 0 Å². The average Bonchev–Trinajstić information content (AvgIpc) is 2.20. The van der Waals surface area contributed by atoms with Crippen LogP contribution in [0.3, 0.4) is 0 Å². The van der Waals surface area contributed by atoms with Gasteiger partial charge in [-0.1, -0.05) is 32.0 Å². The van der Waals surface area contributed by atoms with Crippen LogP contribution in [0, 0.1) is 6.92 Å². The molecule has 15 heavy (non-hydrogen) atoms. The summed E-state index contributed by atoms with van der Waals surface area (Å²) in [4.78, 5) is 0. The van der Waals surface area contributed by atoms with Crippen molar-refractivity contribution in [3.05, 3.63) is 34.9 Å². The van der Waals surface area contributed by atoms with Gasteiger partial charge in [-0.25, -0.2) is 0 Å². The predicted octanol–water partition coefficient (Wildman–Crippen LogP) is 2.17. The third-order valence-corrected chi connectivity index (χ3v) is 2.76. The molecule has 0 saturated carbocycles. The van der Waals surface area contributed by atoms with Crippen LogP contribution in [-0.4, -0.2) is 13.2 Å². The molecule has 0 aliphatic carbocycles. The summed E-state index contributed by atoms with van der Waals surface area (Å²) in [6.45, 7) is 8.14. The zero-order valence-electron chi connectivity index (χ0n) is 10.0. The van der Waals surface area contributed by atoms with E-state index in [9.17, 15) is 0 Å². The van der Waals surface area contributed by atoms with E-state index >= 15 is 0 Å². The smallest absolute Gasteiger partial charge is 0.0428 e. The number of rotatable bonds is 5. The van der Waals surface area contributed by atoms with Gasteiger partial charge in [0.1, 0.15) is 0 Å². The number of aryl methyl sites for hydroxylation is 1. The zero-order chi connectivity index (χ0) is 11.3. The summed E-state index contributed by atoms with van der Waals surface area (Å²) < 4.78 is 0. The molecule has 2 nitrogen and oxygen atoms in total. The molecule has 1 rings (SSSR count). The second-order valence-corrected chi connectivity index (χ2v) is 4.29. The highest BCUT2D eigenvalue weighted by molar-refractivity contribution is 5.32. The van der Waals surface area contributed by atoms with Crippen molar-refractivity contribution < 1.29 is 0 Å². The molecular formula is C13H22N2. The molecule has 1 aromatic rings. The molecule has 1 aromatic carbocycles. The van der Waals surface area contributed by atoms with Crippen LogP contribution < -0.4 is 11.1 Å². The van der Waals surface area contributed by atoms with Crippen molar-refractivity contribution in [2.24, 2.45) is 5.73 Å². The van der Waals surface area contributed by atoms with Crippen molar-refractivity contribution in [1.82, 2.24) is 5.32 Å². The summed E-state index contributed by atoms with van der Waals surface area (Å²) in [7, 11) is 0. The molecule has 0 bridgehead atoms. The number of nitrogens with one attached hydrogen (secondary N) is 1. The van der Waals surface area contributed by atoms with Crippen LogP contribution in [0.4, 0.5) is 0 Å². The van der Waals surface area contributed by atoms with Crippen molar-refractivity contribution in [2.45, 2.75) is 33.1 Å². The van der Waals surface area contributed by atoms with E-state index in [1.54, 1.807) is 0 Å². The minimum atomic E-state index is 0.558. The third kappa shape index (κ3) is 3.65. The second-order valence-electron chi connectivity index (χ2n) is 4.29. The number of benzene rings is 1. The normalized spacial score (nSPS) is 11.0. The lowest BCUT2D eigenvalue weighted by molar-refractivity contribution is 0.698. The molecule has 0 aliphatic rings. The van der Waals surface area contributed by atoms with Crippen LogP contribution in [0.5, 0.6) is 0 Å². The van der Waals surface area contributed by atoms with Crippen molar-refractivity contribution in [3.63, 3.8) is 0 Å². The SMILES string of the molecule is Cc1ccc(C(C)C)cc1CCNCN. The molecule has 0 fully saturated rings. The molecule has 0 aliphatic heterocycles. The van der Waals surface area contributed by atoms with E-state index in [0.717, 1.165) is 13.0 Å². The van der Waals surface area contributed by atoms with Gasteiger partial charge in [0, 0.05) is 13.2 Å². The molecule has 0 amide bonds. The van der Waals surface area contributed by atoms with Crippen LogP contribution in [0.25, 0.3) is 0 Å². The van der Waals surface area contributed by atoms with Crippen LogP contribution in [-0.2, 0) is 6.42 Å². The fourth-order valence-corrected chi connectivity index (χ4v) is 1.64. The average molecular weight is 206 g/mol. The van der Waals surface area contributed by atoms with Gasteiger partial charge in [-0.15, -0.1) is 0 Å². The number of hydrogen-bond donors (Lipinski definition) is 2. The first kappa shape index (κ1) is 12.2. The summed E-state index contributed by atoms with van der Waals surface area (Å²) >= 11 is 0. The molecule has 0 unspecified atom stereocenters. The number of nitrogens with two attached hydrogens (primary N) is 1. The zero-order valence-corrected chi connectivity index (χ0v) is 10.0. The molecular weight excluding hydrogens is 184 g/mol. The van der Waals surface area contributed by atoms with Gasteiger partial charge in [-0.05, 0) is 36.0 Å². The summed E-state index contributed by atoms with van der Waals surface area (Å²) in [5.41, 5.74) is 9.62. The minimum absolute atomic E-state index is 0.558. The molecule has 0 atom stereocenters. The lowest BCUT2D eigenvalue weighted by Crippen LogP contribution is -2.24. The largest absolute Gasteiger partial charge is 0.318 e. The fraction of sp³-hybridized carbons (Fsp3) is 0.538. The van der Waals surface area contributed by atoms with E-state index in [1.165, 1.54) is 16.7 Å². The first-order valence-electron chi connectivity index (χ1n) is 5.65. The molecule has 3 N–H and O–H groups in total. The Morgan fingerprint density at radius 1 is 1.33 bits per heavy atom. The van der Waals surface area contributed by atoms with Crippen LogP contribution in [0.1, 0.15) is 36.5 Å². The van der Waals surface area contributed by atoms with E-state index < -0.39 is 0 Å². The maximum Gasteiger partial charge on any atom is 0.0428 e. The maximum atomic E-state index is 5.40. The molecule has 0 radical (unpaired) electrons. The summed E-state index contributed by atoms with van der Waals surface area (Å²) in [6.07, 6.45) is 1.06. The Hall–Kier alpha value is -0.860. The van der Waals surface area contributed by atoms with Gasteiger partial charge in [0.15, 0.2) is 0 Å². The van der Waals surface area contributed by atoms with Crippen LogP contribution in [0.15, 0.2) is 18.2 Å². The minimum Gasteiger partial charge on any atom is -0.318 e. The van der Waals surface area contributed by atoms with E-state index in [1.807, 2.05) is 0 Å². The summed E-state index contributed by atoms with van der Waals surface area (Å²) in [5.74, 6) is 0.604. The van der Waals surface area contributed by atoms with E-state index in [-0.39, 0.29) is 0 Å². The monoisotopic (exact) mass is 206 g/mol. The van der Waals surface area contributed by atoms with Gasteiger partial charge in [0.05, 0.1) is 0 Å². The molecule has 0 aromatic heterocycles. The van der Waals surface area contributed by atoms with E-state index in [0.29, 0.717) is 12.6 Å². The number of hydrogen-bond acceptors (Lipinski definition) is 2. The first-order chi connectivity index (χ1) is 7.15. The van der Waals surface area contributed by atoms with E-state index in [4.69, 9.17) is 5.73 Å². The maximum absolute atomic E-state index is 5.40. The molecule has 2 heteroatoms. The van der Waals surface area contributed by atoms with Gasteiger partial charge in [-0.3, -0.25) is 0 Å². The Morgan fingerprint density at radius 3 is 2.67 bits per heavy atom. The van der Waals surface area contributed by atoms with Gasteiger partial charge in [0.25, 0.3) is 0 Å². The van der Waals surface area contributed by atoms with E-state index in [2.05, 4.69) is 44.3 Å². The Morgan fingerprint density at radius 2 is 2.07 bits per heavy atom. The summed E-state index contributed by atoms with van der Waals surface area (Å²) in [6, 6.07) is 6.76. The van der Waals surface area contributed by atoms with Crippen LogP contribution >= 0.6 is 0 Å².